The number of rotatable bonds is 3. The van der Waals surface area contributed by atoms with Gasteiger partial charge in [0.2, 0.25) is 0 Å². The molecule has 88 valence electrons. The Labute approximate surface area is 98.4 Å². The predicted molar refractivity (Wildman–Crippen MR) is 55.3 cm³/mol. The molecule has 0 saturated carbocycles. The van der Waals surface area contributed by atoms with Crippen molar-refractivity contribution >= 4 is 5.97 Å². The molecule has 0 aliphatic rings. The van der Waals surface area contributed by atoms with E-state index in [1.165, 1.54) is 20.3 Å². The highest BCUT2D eigenvalue weighted by Gasteiger charge is 2.47. The second-order valence-electron chi connectivity index (χ2n) is 3.64. The van der Waals surface area contributed by atoms with E-state index in [2.05, 4.69) is 9.72 Å². The Balaban J connectivity index is 3.36. The molecule has 1 aromatic heterocycles. The van der Waals surface area contributed by atoms with Crippen LogP contribution in [0.25, 0.3) is 0 Å². The number of oxazole rings is 1. The first-order chi connectivity index (χ1) is 8.00. The lowest BCUT2D eigenvalue weighted by Crippen LogP contribution is -2.40. The fourth-order valence-corrected chi connectivity index (χ4v) is 1.47. The zero-order valence-electron chi connectivity index (χ0n) is 9.72. The number of carbonyl (C=O) groups excluding carboxylic acids is 1. The van der Waals surface area contributed by atoms with Crippen molar-refractivity contribution < 1.29 is 13.9 Å². The van der Waals surface area contributed by atoms with Gasteiger partial charge in [0.15, 0.2) is 11.8 Å². The molecule has 6 nitrogen and oxygen atoms in total. The first kappa shape index (κ1) is 12.7. The third-order valence-electron chi connectivity index (χ3n) is 2.60. The molecule has 0 unspecified atom stereocenters. The summed E-state index contributed by atoms with van der Waals surface area (Å²) in [6, 6.07) is 3.54. The molecule has 0 bridgehead atoms. The van der Waals surface area contributed by atoms with E-state index in [0.29, 0.717) is 5.89 Å². The van der Waals surface area contributed by atoms with Crippen LogP contribution in [0.15, 0.2) is 10.7 Å². The number of ether oxygens (including phenoxy) is 1. The van der Waals surface area contributed by atoms with Crippen molar-refractivity contribution in [2.45, 2.75) is 19.3 Å². The monoisotopic (exact) mass is 233 g/mol. The number of carbonyl (C=O) groups is 1. The van der Waals surface area contributed by atoms with Crippen molar-refractivity contribution in [2.24, 2.45) is 5.92 Å². The van der Waals surface area contributed by atoms with Crippen LogP contribution in [0.1, 0.15) is 18.5 Å². The first-order valence-corrected chi connectivity index (χ1v) is 4.81. The van der Waals surface area contributed by atoms with Gasteiger partial charge in [0.25, 0.3) is 0 Å². The maximum absolute atomic E-state index is 11.8. The van der Waals surface area contributed by atoms with Gasteiger partial charge in [0, 0.05) is 6.92 Å². The number of esters is 1. The molecule has 0 aromatic carbocycles. The SMILES string of the molecule is COC(=O)[C@](C)(c1coc(C)n1)C(C#N)C#N. The van der Waals surface area contributed by atoms with Crippen molar-refractivity contribution in [3.05, 3.63) is 17.8 Å². The van der Waals surface area contributed by atoms with E-state index in [4.69, 9.17) is 14.9 Å². The first-order valence-electron chi connectivity index (χ1n) is 4.81. The normalized spacial score (nSPS) is 13.5. The van der Waals surface area contributed by atoms with Crippen molar-refractivity contribution in [3.8, 4) is 12.1 Å². The minimum Gasteiger partial charge on any atom is -0.468 e. The van der Waals surface area contributed by atoms with Gasteiger partial charge < -0.3 is 9.15 Å². The Bertz CT molecular complexity index is 495. The summed E-state index contributed by atoms with van der Waals surface area (Å²) in [5.74, 6) is -1.54. The van der Waals surface area contributed by atoms with E-state index in [-0.39, 0.29) is 5.69 Å². The fraction of sp³-hybridized carbons (Fsp3) is 0.455. The lowest BCUT2D eigenvalue weighted by Gasteiger charge is -2.24. The van der Waals surface area contributed by atoms with E-state index < -0.39 is 17.3 Å². The summed E-state index contributed by atoms with van der Waals surface area (Å²) in [5, 5.41) is 17.9. The number of aryl methyl sites for hydroxylation is 1. The zero-order chi connectivity index (χ0) is 13.1. The lowest BCUT2D eigenvalue weighted by molar-refractivity contribution is -0.147. The highest BCUT2D eigenvalue weighted by atomic mass is 16.5. The number of methoxy groups -OCH3 is 1. The Hall–Kier alpha value is -2.34. The third kappa shape index (κ3) is 1.98. The zero-order valence-corrected chi connectivity index (χ0v) is 9.72. The summed E-state index contributed by atoms with van der Waals surface area (Å²) >= 11 is 0. The van der Waals surface area contributed by atoms with Crippen molar-refractivity contribution in [3.63, 3.8) is 0 Å². The summed E-state index contributed by atoms with van der Waals surface area (Å²) < 4.78 is 9.65. The maximum atomic E-state index is 11.8. The Morgan fingerprint density at radius 3 is 2.53 bits per heavy atom. The van der Waals surface area contributed by atoms with Crippen molar-refractivity contribution in [2.75, 3.05) is 7.11 Å². The fourth-order valence-electron chi connectivity index (χ4n) is 1.47. The number of nitrogens with zero attached hydrogens (tertiary/aromatic N) is 3. The molecular weight excluding hydrogens is 222 g/mol. The van der Waals surface area contributed by atoms with E-state index in [9.17, 15) is 4.79 Å². The van der Waals surface area contributed by atoms with E-state index in [1.807, 2.05) is 0 Å². The highest BCUT2D eigenvalue weighted by Crippen LogP contribution is 2.32. The Morgan fingerprint density at radius 1 is 1.59 bits per heavy atom. The van der Waals surface area contributed by atoms with Crippen molar-refractivity contribution in [1.29, 1.82) is 10.5 Å². The van der Waals surface area contributed by atoms with Crippen LogP contribution in [0, 0.1) is 35.5 Å². The van der Waals surface area contributed by atoms with Gasteiger partial charge in [-0.1, -0.05) is 0 Å². The minimum absolute atomic E-state index is 0.218. The lowest BCUT2D eigenvalue weighted by atomic mass is 9.76. The van der Waals surface area contributed by atoms with Gasteiger partial charge >= 0.3 is 5.97 Å². The van der Waals surface area contributed by atoms with Crippen LogP contribution in [0.2, 0.25) is 0 Å². The van der Waals surface area contributed by atoms with Gasteiger partial charge in [-0.15, -0.1) is 0 Å². The number of hydrogen-bond acceptors (Lipinski definition) is 6. The van der Waals surface area contributed by atoms with Gasteiger partial charge in [-0.3, -0.25) is 4.79 Å². The number of hydrogen-bond donors (Lipinski definition) is 0. The number of nitriles is 2. The van der Waals surface area contributed by atoms with Gasteiger partial charge in [-0.05, 0) is 6.92 Å². The van der Waals surface area contributed by atoms with Gasteiger partial charge in [0.1, 0.15) is 11.7 Å². The summed E-state index contributed by atoms with van der Waals surface area (Å²) in [6.45, 7) is 3.04. The standard InChI is InChI=1S/C11H11N3O3/c1-7-14-9(6-17-7)11(2,10(15)16-3)8(4-12)5-13/h6,8H,1-3H3/t11-/m0/s1. The molecule has 0 aliphatic heterocycles. The van der Waals surface area contributed by atoms with E-state index >= 15 is 0 Å². The molecule has 1 atom stereocenters. The topological polar surface area (TPSA) is 99.9 Å². The van der Waals surface area contributed by atoms with Crippen LogP contribution in [0.5, 0.6) is 0 Å². The molecule has 0 fully saturated rings. The van der Waals surface area contributed by atoms with Gasteiger partial charge in [-0.25, -0.2) is 4.98 Å². The molecule has 0 amide bonds. The maximum Gasteiger partial charge on any atom is 0.320 e. The molecule has 1 aromatic rings. The summed E-state index contributed by atoms with van der Waals surface area (Å²) in [6.07, 6.45) is 1.26. The molecule has 6 heteroatoms. The Kier molecular flexibility index (Phi) is 3.49. The summed E-state index contributed by atoms with van der Waals surface area (Å²) in [5.41, 5.74) is -1.23. The smallest absolute Gasteiger partial charge is 0.320 e. The molecule has 0 N–H and O–H groups in total. The van der Waals surface area contributed by atoms with E-state index in [0.717, 1.165) is 0 Å². The number of aromatic nitrogens is 1. The average Bonchev–Trinajstić information content (AvgIpc) is 2.76. The largest absolute Gasteiger partial charge is 0.468 e. The average molecular weight is 233 g/mol. The minimum atomic E-state index is -1.45. The van der Waals surface area contributed by atoms with Crippen LogP contribution in [0.4, 0.5) is 0 Å². The quantitative estimate of drug-likeness (QED) is 0.724. The van der Waals surface area contributed by atoms with Crippen LogP contribution >= 0.6 is 0 Å². The highest BCUT2D eigenvalue weighted by molar-refractivity contribution is 5.83. The second kappa shape index (κ2) is 4.67. The molecule has 17 heavy (non-hydrogen) atoms. The van der Waals surface area contributed by atoms with Crippen LogP contribution in [-0.2, 0) is 14.9 Å². The van der Waals surface area contributed by atoms with Crippen LogP contribution in [0.3, 0.4) is 0 Å². The van der Waals surface area contributed by atoms with Gasteiger partial charge in [0.05, 0.1) is 24.9 Å². The Morgan fingerprint density at radius 2 is 2.18 bits per heavy atom. The summed E-state index contributed by atoms with van der Waals surface area (Å²) in [7, 11) is 1.19. The van der Waals surface area contributed by atoms with Crippen LogP contribution in [-0.4, -0.2) is 18.1 Å². The molecule has 1 rings (SSSR count). The van der Waals surface area contributed by atoms with Crippen LogP contribution < -0.4 is 0 Å². The van der Waals surface area contributed by atoms with E-state index in [1.54, 1.807) is 19.1 Å². The molecular formula is C11H11N3O3. The second-order valence-corrected chi connectivity index (χ2v) is 3.64. The molecule has 0 aliphatic carbocycles. The van der Waals surface area contributed by atoms with Crippen molar-refractivity contribution in [1.82, 2.24) is 4.98 Å². The third-order valence-corrected chi connectivity index (χ3v) is 2.60. The molecule has 0 saturated heterocycles. The molecule has 0 spiro atoms. The molecule has 0 radical (unpaired) electrons. The predicted octanol–water partition coefficient (Wildman–Crippen LogP) is 1.08. The van der Waals surface area contributed by atoms with Gasteiger partial charge in [-0.2, -0.15) is 10.5 Å². The summed E-state index contributed by atoms with van der Waals surface area (Å²) in [4.78, 5) is 15.8. The molecule has 1 heterocycles.